The van der Waals surface area contributed by atoms with Crippen LogP contribution in [0, 0.1) is 0 Å². The second kappa shape index (κ2) is 12.5. The highest BCUT2D eigenvalue weighted by Gasteiger charge is 2.34. The van der Waals surface area contributed by atoms with Crippen LogP contribution in [0.3, 0.4) is 0 Å². The Hall–Kier alpha value is -3.27. The van der Waals surface area contributed by atoms with Crippen molar-refractivity contribution in [2.45, 2.75) is 78.1 Å². The van der Waals surface area contributed by atoms with Crippen molar-refractivity contribution < 1.29 is 31.2 Å². The maximum Gasteiger partial charge on any atom is 0.417 e. The highest BCUT2D eigenvalue weighted by Crippen LogP contribution is 2.35. The molecule has 4 aromatic carbocycles. The molecule has 0 heterocycles. The molecule has 4 nitrogen and oxygen atoms in total. The van der Waals surface area contributed by atoms with E-state index in [4.69, 9.17) is 0 Å². The average Bonchev–Trinajstić information content (AvgIpc) is 2.89. The van der Waals surface area contributed by atoms with Gasteiger partial charge in [-0.3, -0.25) is 0 Å². The summed E-state index contributed by atoms with van der Waals surface area (Å²) >= 11 is 0. The first-order valence-corrected chi connectivity index (χ1v) is 15.8. The van der Waals surface area contributed by atoms with E-state index in [-0.39, 0.29) is 21.7 Å². The van der Waals surface area contributed by atoms with E-state index in [2.05, 4.69) is 90.1 Å². The van der Waals surface area contributed by atoms with E-state index >= 15 is 0 Å². The lowest BCUT2D eigenvalue weighted by Crippen LogP contribution is -2.12. The molecular weight excluding hydrogens is 581 g/mol. The van der Waals surface area contributed by atoms with Crippen LogP contribution in [-0.4, -0.2) is 18.1 Å². The molecule has 0 fully saturated rings. The van der Waals surface area contributed by atoms with E-state index in [1.807, 2.05) is 12.1 Å². The van der Waals surface area contributed by atoms with Crippen LogP contribution in [-0.2, 0) is 38.0 Å². The molecule has 1 N–H and O–H groups in total. The molecule has 9 heteroatoms. The van der Waals surface area contributed by atoms with Crippen molar-refractivity contribution >= 4 is 21.0 Å². The highest BCUT2D eigenvalue weighted by atomic mass is 32.2. The molecule has 0 unspecified atom stereocenters. The summed E-state index contributed by atoms with van der Waals surface area (Å²) in [6.07, 6.45) is -4.84. The Morgan fingerprint density at radius 2 is 0.976 bits per heavy atom. The van der Waals surface area contributed by atoms with Crippen molar-refractivity contribution in [1.29, 1.82) is 0 Å². The van der Waals surface area contributed by atoms with Gasteiger partial charge in [0.05, 0.1) is 21.4 Å². The zero-order valence-electron chi connectivity index (χ0n) is 24.4. The molecule has 0 atom stereocenters. The molecule has 0 aliphatic carbocycles. The number of phenols is 1. The van der Waals surface area contributed by atoms with Crippen LogP contribution in [0.25, 0.3) is 0 Å². The van der Waals surface area contributed by atoms with E-state index < -0.39 is 26.8 Å². The quantitative estimate of drug-likeness (QED) is 0.184. The van der Waals surface area contributed by atoms with Crippen LogP contribution in [0.1, 0.15) is 58.2 Å². The third kappa shape index (κ3) is 8.63. The Labute approximate surface area is 249 Å². The fraction of sp³-hybridized carbons (Fsp3) is 0.273. The average molecular weight is 617 g/mol. The fourth-order valence-electron chi connectivity index (χ4n) is 4.09. The zero-order valence-corrected chi connectivity index (χ0v) is 26.0. The largest absolute Gasteiger partial charge is 0.744 e. The Kier molecular flexibility index (Phi) is 9.92. The van der Waals surface area contributed by atoms with Crippen LogP contribution >= 0.6 is 0 Å². The van der Waals surface area contributed by atoms with Gasteiger partial charge in [0.25, 0.3) is 0 Å². The Morgan fingerprint density at radius 3 is 1.29 bits per heavy atom. The van der Waals surface area contributed by atoms with Gasteiger partial charge in [-0.2, -0.15) is 13.2 Å². The molecule has 0 aliphatic rings. The molecule has 0 saturated carbocycles. The normalized spacial score (nSPS) is 12.5. The minimum atomic E-state index is -5.09. The molecule has 0 bridgehead atoms. The number of hydrogen-bond donors (Lipinski definition) is 1. The van der Waals surface area contributed by atoms with E-state index in [1.54, 1.807) is 12.1 Å². The van der Waals surface area contributed by atoms with Gasteiger partial charge in [-0.15, -0.1) is 0 Å². The molecule has 4 rings (SSSR count). The van der Waals surface area contributed by atoms with Gasteiger partial charge in [-0.25, -0.2) is 8.42 Å². The number of halogens is 3. The van der Waals surface area contributed by atoms with Gasteiger partial charge in [0.15, 0.2) is 14.7 Å². The van der Waals surface area contributed by atoms with E-state index in [9.17, 15) is 31.2 Å². The van der Waals surface area contributed by atoms with Crippen molar-refractivity contribution in [3.63, 3.8) is 0 Å². The first kappa shape index (κ1) is 33.2. The van der Waals surface area contributed by atoms with Crippen molar-refractivity contribution in [3.05, 3.63) is 114 Å². The summed E-state index contributed by atoms with van der Waals surface area (Å²) in [5.41, 5.74) is 1.53. The molecule has 224 valence electrons. The van der Waals surface area contributed by atoms with Crippen molar-refractivity contribution in [1.82, 2.24) is 0 Å². The summed E-state index contributed by atoms with van der Waals surface area (Å²) in [4.78, 5) is 2.56. The van der Waals surface area contributed by atoms with Crippen LogP contribution in [0.4, 0.5) is 13.2 Å². The number of alkyl halides is 3. The van der Waals surface area contributed by atoms with Gasteiger partial charge >= 0.3 is 6.18 Å². The standard InChI is InChI=1S/C26H30OS.C7H5F3O3S/c1-25(2,3)19-7-13-22(14-8-19)28(24-17-11-21(27)12-18-24)23-15-9-20(10-16-23)26(4,5)6;8-7(9,10)5-3-1-2-4-6(5)14(11,12)13/h7-18H,1-6H3;1-4H,(H,11,12,13). The Balaban J connectivity index is 0.000000291. The van der Waals surface area contributed by atoms with Crippen molar-refractivity contribution in [2.75, 3.05) is 0 Å². The second-order valence-electron chi connectivity index (χ2n) is 11.8. The number of aromatic hydroxyl groups is 1. The maximum atomic E-state index is 12.2. The highest BCUT2D eigenvalue weighted by molar-refractivity contribution is 7.97. The summed E-state index contributed by atoms with van der Waals surface area (Å²) in [5, 5.41) is 9.73. The van der Waals surface area contributed by atoms with Crippen LogP contribution in [0.5, 0.6) is 5.75 Å². The summed E-state index contributed by atoms with van der Waals surface area (Å²) in [5.74, 6) is 0.304. The fourth-order valence-corrected chi connectivity index (χ4v) is 6.83. The smallest absolute Gasteiger partial charge is 0.417 e. The SMILES string of the molecule is CC(C)(C)c1ccc([S+](c2ccc(O)cc2)c2ccc(C(C)(C)C)cc2)cc1.O=S(=O)([O-])c1ccccc1C(F)(F)F. The van der Waals surface area contributed by atoms with E-state index in [0.29, 0.717) is 17.9 Å². The zero-order chi connectivity index (χ0) is 31.5. The lowest BCUT2D eigenvalue weighted by molar-refractivity contribution is -0.140. The van der Waals surface area contributed by atoms with Gasteiger partial charge in [0.1, 0.15) is 15.9 Å². The van der Waals surface area contributed by atoms with Crippen LogP contribution in [0.2, 0.25) is 0 Å². The van der Waals surface area contributed by atoms with Gasteiger partial charge in [0.2, 0.25) is 0 Å². The third-order valence-corrected chi connectivity index (χ3v) is 9.57. The summed E-state index contributed by atoms with van der Waals surface area (Å²) in [6, 6.07) is 28.9. The molecule has 0 saturated heterocycles. The Bertz CT molecular complexity index is 1520. The molecular formula is C33H35F3O4S2. The summed E-state index contributed by atoms with van der Waals surface area (Å²) in [7, 11) is -5.29. The molecule has 0 aliphatic heterocycles. The minimum absolute atomic E-state index is 0.143. The number of rotatable bonds is 4. The molecule has 0 amide bonds. The number of phenolic OH excluding ortho intramolecular Hbond substituents is 1. The van der Waals surface area contributed by atoms with Crippen molar-refractivity contribution in [3.8, 4) is 5.75 Å². The predicted molar refractivity (Wildman–Crippen MR) is 160 cm³/mol. The monoisotopic (exact) mass is 616 g/mol. The maximum absolute atomic E-state index is 12.2. The lowest BCUT2D eigenvalue weighted by Gasteiger charge is -2.20. The minimum Gasteiger partial charge on any atom is -0.744 e. The topological polar surface area (TPSA) is 77.4 Å². The number of hydrogen-bond acceptors (Lipinski definition) is 4. The van der Waals surface area contributed by atoms with Crippen LogP contribution in [0.15, 0.2) is 117 Å². The van der Waals surface area contributed by atoms with Crippen LogP contribution < -0.4 is 0 Å². The Morgan fingerprint density at radius 1 is 0.619 bits per heavy atom. The van der Waals surface area contributed by atoms with Crippen molar-refractivity contribution in [2.24, 2.45) is 0 Å². The molecule has 0 aromatic heterocycles. The molecule has 0 radical (unpaired) electrons. The van der Waals surface area contributed by atoms with E-state index in [0.717, 1.165) is 12.1 Å². The number of benzene rings is 4. The van der Waals surface area contributed by atoms with Gasteiger partial charge < -0.3 is 9.66 Å². The van der Waals surface area contributed by atoms with E-state index in [1.165, 1.54) is 25.8 Å². The van der Waals surface area contributed by atoms with Gasteiger partial charge in [-0.1, -0.05) is 77.9 Å². The second-order valence-corrected chi connectivity index (χ2v) is 15.2. The third-order valence-electron chi connectivity index (χ3n) is 6.45. The first-order chi connectivity index (χ1) is 19.3. The summed E-state index contributed by atoms with van der Waals surface area (Å²) < 4.78 is 67.9. The molecule has 42 heavy (non-hydrogen) atoms. The van der Waals surface area contributed by atoms with Gasteiger partial charge in [0, 0.05) is 0 Å². The van der Waals surface area contributed by atoms with Gasteiger partial charge in [-0.05, 0) is 82.6 Å². The lowest BCUT2D eigenvalue weighted by atomic mass is 9.87. The first-order valence-electron chi connectivity index (χ1n) is 13.1. The predicted octanol–water partition coefficient (Wildman–Crippen LogP) is 8.69. The molecule has 4 aromatic rings. The summed E-state index contributed by atoms with van der Waals surface area (Å²) in [6.45, 7) is 13.5. The molecule has 0 spiro atoms.